The molecule has 0 amide bonds. The molecule has 0 spiro atoms. The van der Waals surface area contributed by atoms with E-state index < -0.39 is 16.9 Å². The van der Waals surface area contributed by atoms with Gasteiger partial charge in [-0.25, -0.2) is 5.14 Å². The molecule has 48 valence electrons. The van der Waals surface area contributed by atoms with Crippen LogP contribution in [0.1, 0.15) is 0 Å². The second-order valence-electron chi connectivity index (χ2n) is 0.944. The third kappa shape index (κ3) is 5.54. The zero-order valence-corrected chi connectivity index (χ0v) is 4.72. The Labute approximate surface area is 46.7 Å². The van der Waals surface area contributed by atoms with Gasteiger partial charge in [0.15, 0.2) is 0 Å². The Morgan fingerprint density at radius 2 is 2.12 bits per heavy atom. The first-order chi connectivity index (χ1) is 3.56. The Kier molecular flexibility index (Phi) is 2.59. The van der Waals surface area contributed by atoms with Crippen LogP contribution in [-0.4, -0.2) is 21.3 Å². The number of hydrogen-bond donors (Lipinski definition) is 1. The summed E-state index contributed by atoms with van der Waals surface area (Å²) in [5.41, 5.74) is 0. The number of nitrogens with two attached hydrogens (primary N) is 1. The zero-order chi connectivity index (χ0) is 6.62. The van der Waals surface area contributed by atoms with Crippen molar-refractivity contribution in [1.82, 2.24) is 0 Å². The standard InChI is InChI=1S/C2H5NO4S/c3-8(5,6)7-2-1-4/h1H,2H2,(H2,3,5,6). The van der Waals surface area contributed by atoms with E-state index >= 15 is 0 Å². The smallest absolute Gasteiger partial charge is 0.301 e. The number of hydrogen-bond acceptors (Lipinski definition) is 4. The molecule has 0 aliphatic carbocycles. The summed E-state index contributed by atoms with van der Waals surface area (Å²) in [5, 5.41) is 4.31. The lowest BCUT2D eigenvalue weighted by Gasteiger charge is -1.89. The van der Waals surface area contributed by atoms with Gasteiger partial charge < -0.3 is 4.79 Å². The Hall–Kier alpha value is -0.460. The zero-order valence-electron chi connectivity index (χ0n) is 3.90. The second-order valence-corrected chi connectivity index (χ2v) is 2.17. The van der Waals surface area contributed by atoms with Gasteiger partial charge in [0.05, 0.1) is 0 Å². The van der Waals surface area contributed by atoms with Crippen LogP contribution in [0.25, 0.3) is 0 Å². The van der Waals surface area contributed by atoms with Crippen molar-refractivity contribution < 1.29 is 17.4 Å². The molecule has 6 heteroatoms. The van der Waals surface area contributed by atoms with Crippen molar-refractivity contribution >= 4 is 16.6 Å². The van der Waals surface area contributed by atoms with Gasteiger partial charge in [-0.15, -0.1) is 0 Å². The third-order valence-corrected chi connectivity index (χ3v) is 0.765. The Bertz CT molecular complexity index is 159. The predicted octanol–water partition coefficient (Wildman–Crippen LogP) is -1.59. The summed E-state index contributed by atoms with van der Waals surface area (Å²) >= 11 is 0. The first kappa shape index (κ1) is 7.54. The minimum absolute atomic E-state index is 0.296. The summed E-state index contributed by atoms with van der Waals surface area (Å²) in [4.78, 5) is 9.41. The molecular formula is C2H5NO4S. The van der Waals surface area contributed by atoms with Crippen LogP contribution in [0.5, 0.6) is 0 Å². The van der Waals surface area contributed by atoms with Gasteiger partial charge in [-0.05, 0) is 0 Å². The van der Waals surface area contributed by atoms with E-state index in [1.54, 1.807) is 0 Å². The molecule has 0 radical (unpaired) electrons. The van der Waals surface area contributed by atoms with Crippen LogP contribution in [0, 0.1) is 0 Å². The van der Waals surface area contributed by atoms with E-state index in [1.165, 1.54) is 0 Å². The second kappa shape index (κ2) is 2.75. The summed E-state index contributed by atoms with van der Waals surface area (Å²) in [6, 6.07) is 0. The molecule has 0 aliphatic heterocycles. The molecule has 2 N–H and O–H groups in total. The maximum atomic E-state index is 9.79. The molecular weight excluding hydrogens is 134 g/mol. The monoisotopic (exact) mass is 139 g/mol. The van der Waals surface area contributed by atoms with Gasteiger partial charge in [0.25, 0.3) is 0 Å². The lowest BCUT2D eigenvalue weighted by Crippen LogP contribution is -2.16. The highest BCUT2D eigenvalue weighted by atomic mass is 32.2. The average molecular weight is 139 g/mol. The molecule has 0 saturated carbocycles. The van der Waals surface area contributed by atoms with E-state index in [2.05, 4.69) is 9.32 Å². The van der Waals surface area contributed by atoms with Crippen LogP contribution >= 0.6 is 0 Å². The van der Waals surface area contributed by atoms with Crippen LogP contribution in [0.15, 0.2) is 0 Å². The van der Waals surface area contributed by atoms with E-state index in [-0.39, 0.29) is 0 Å². The fourth-order valence-corrected chi connectivity index (χ4v) is 0.368. The van der Waals surface area contributed by atoms with Gasteiger partial charge in [0.2, 0.25) is 0 Å². The van der Waals surface area contributed by atoms with Gasteiger partial charge in [-0.2, -0.15) is 8.42 Å². The van der Waals surface area contributed by atoms with E-state index in [1.807, 2.05) is 0 Å². The van der Waals surface area contributed by atoms with Gasteiger partial charge in [-0.1, -0.05) is 0 Å². The molecule has 0 fully saturated rings. The minimum Gasteiger partial charge on any atom is -0.301 e. The molecule has 0 unspecified atom stereocenters. The van der Waals surface area contributed by atoms with Gasteiger partial charge in [0, 0.05) is 0 Å². The van der Waals surface area contributed by atoms with Crippen LogP contribution in [0.4, 0.5) is 0 Å². The highest BCUT2D eigenvalue weighted by molar-refractivity contribution is 7.84. The minimum atomic E-state index is -3.92. The first-order valence-corrected chi connectivity index (χ1v) is 3.14. The SMILES string of the molecule is NS(=O)(=O)OCC=O. The van der Waals surface area contributed by atoms with Crippen molar-refractivity contribution in [2.45, 2.75) is 0 Å². The fraction of sp³-hybridized carbons (Fsp3) is 0.500. The van der Waals surface area contributed by atoms with Crippen LogP contribution < -0.4 is 5.14 Å². The molecule has 5 nitrogen and oxygen atoms in total. The largest absolute Gasteiger partial charge is 0.333 e. The van der Waals surface area contributed by atoms with Crippen molar-refractivity contribution in [3.63, 3.8) is 0 Å². The molecule has 8 heavy (non-hydrogen) atoms. The predicted molar refractivity (Wildman–Crippen MR) is 25.1 cm³/mol. The van der Waals surface area contributed by atoms with E-state index in [0.717, 1.165) is 0 Å². The normalized spacial score (nSPS) is 11.1. The van der Waals surface area contributed by atoms with Gasteiger partial charge >= 0.3 is 10.3 Å². The molecule has 0 heterocycles. The van der Waals surface area contributed by atoms with Crippen LogP contribution in [0.3, 0.4) is 0 Å². The molecule has 0 aromatic heterocycles. The summed E-state index contributed by atoms with van der Waals surface area (Å²) in [5.74, 6) is 0. The molecule has 0 rings (SSSR count). The van der Waals surface area contributed by atoms with Crippen molar-refractivity contribution in [1.29, 1.82) is 0 Å². The molecule has 0 bridgehead atoms. The van der Waals surface area contributed by atoms with E-state index in [4.69, 9.17) is 0 Å². The third-order valence-electron chi connectivity index (χ3n) is 0.300. The van der Waals surface area contributed by atoms with E-state index in [9.17, 15) is 13.2 Å². The van der Waals surface area contributed by atoms with Gasteiger partial charge in [-0.3, -0.25) is 4.18 Å². The Morgan fingerprint density at radius 3 is 2.25 bits per heavy atom. The number of rotatable bonds is 3. The molecule has 0 aromatic rings. The Balaban J connectivity index is 3.57. The summed E-state index contributed by atoms with van der Waals surface area (Å²) in [6.45, 7) is -0.515. The van der Waals surface area contributed by atoms with Crippen molar-refractivity contribution in [2.75, 3.05) is 6.61 Å². The number of carbonyl (C=O) groups excluding carboxylic acids is 1. The number of carbonyl (C=O) groups is 1. The lowest BCUT2D eigenvalue weighted by atomic mass is 10.9. The summed E-state index contributed by atoms with van der Waals surface area (Å²) in [7, 11) is -3.92. The van der Waals surface area contributed by atoms with Crippen LogP contribution in [-0.2, 0) is 19.3 Å². The van der Waals surface area contributed by atoms with Crippen molar-refractivity contribution in [3.8, 4) is 0 Å². The lowest BCUT2D eigenvalue weighted by molar-refractivity contribution is -0.109. The topological polar surface area (TPSA) is 86.5 Å². The van der Waals surface area contributed by atoms with Crippen LogP contribution in [0.2, 0.25) is 0 Å². The van der Waals surface area contributed by atoms with Crippen molar-refractivity contribution in [3.05, 3.63) is 0 Å². The fourth-order valence-electron chi connectivity index (χ4n) is 0.123. The maximum absolute atomic E-state index is 9.79. The molecule has 0 saturated heterocycles. The van der Waals surface area contributed by atoms with Crippen molar-refractivity contribution in [2.24, 2.45) is 5.14 Å². The summed E-state index contributed by atoms with van der Waals surface area (Å²) in [6.07, 6.45) is 0.296. The highest BCUT2D eigenvalue weighted by Crippen LogP contribution is 1.75. The summed E-state index contributed by atoms with van der Waals surface area (Å²) < 4.78 is 23.3. The number of aldehydes is 1. The molecule has 0 atom stereocenters. The molecule has 0 aliphatic rings. The van der Waals surface area contributed by atoms with E-state index in [0.29, 0.717) is 6.29 Å². The maximum Gasteiger partial charge on any atom is 0.333 e. The Morgan fingerprint density at radius 1 is 1.62 bits per heavy atom. The van der Waals surface area contributed by atoms with Gasteiger partial charge in [0.1, 0.15) is 12.9 Å². The highest BCUT2D eigenvalue weighted by Gasteiger charge is 1.97. The average Bonchev–Trinajstić information content (AvgIpc) is 1.59. The first-order valence-electron chi connectivity index (χ1n) is 1.67. The molecule has 0 aromatic carbocycles. The quantitative estimate of drug-likeness (QED) is 0.477.